The maximum Gasteiger partial charge on any atom is 0.404 e. The van der Waals surface area contributed by atoms with Gasteiger partial charge in [-0.1, -0.05) is 0 Å². The van der Waals surface area contributed by atoms with Crippen molar-refractivity contribution in [2.24, 2.45) is 5.73 Å². The van der Waals surface area contributed by atoms with Gasteiger partial charge in [0.2, 0.25) is 5.91 Å². The Kier molecular flexibility index (Phi) is 4.55. The molecular formula is C9H16F3N3O. The predicted molar refractivity (Wildman–Crippen MR) is 52.7 cm³/mol. The molecule has 0 bridgehead atoms. The van der Waals surface area contributed by atoms with Crippen LogP contribution in [0, 0.1) is 0 Å². The van der Waals surface area contributed by atoms with Crippen molar-refractivity contribution in [3.05, 3.63) is 0 Å². The van der Waals surface area contributed by atoms with Crippen molar-refractivity contribution >= 4 is 5.91 Å². The first-order valence-electron chi connectivity index (χ1n) is 5.22. The van der Waals surface area contributed by atoms with E-state index in [-0.39, 0.29) is 44.9 Å². The molecule has 1 atom stereocenters. The Labute approximate surface area is 92.0 Å². The van der Waals surface area contributed by atoms with E-state index in [1.54, 1.807) is 0 Å². The molecule has 94 valence electrons. The largest absolute Gasteiger partial charge is 0.404 e. The standard InChI is InChI=1S/C9H16F3N3O/c10-9(11,12)7(1-3-13)15-5-2-8(16)14-4-6-15/h7H,1-6,13H2,(H,14,16). The average molecular weight is 239 g/mol. The lowest BCUT2D eigenvalue weighted by atomic mass is 10.1. The lowest BCUT2D eigenvalue weighted by molar-refractivity contribution is -0.184. The summed E-state index contributed by atoms with van der Waals surface area (Å²) in [6.07, 6.45) is -4.30. The van der Waals surface area contributed by atoms with Crippen LogP contribution in [0.25, 0.3) is 0 Å². The fraction of sp³-hybridized carbons (Fsp3) is 0.889. The molecule has 16 heavy (non-hydrogen) atoms. The number of halogens is 3. The molecule has 0 spiro atoms. The highest BCUT2D eigenvalue weighted by molar-refractivity contribution is 5.76. The molecule has 4 nitrogen and oxygen atoms in total. The zero-order chi connectivity index (χ0) is 12.2. The Bertz CT molecular complexity index is 245. The van der Waals surface area contributed by atoms with Crippen LogP contribution < -0.4 is 11.1 Å². The zero-order valence-corrected chi connectivity index (χ0v) is 8.89. The Morgan fingerprint density at radius 1 is 1.44 bits per heavy atom. The van der Waals surface area contributed by atoms with Crippen LogP contribution in [0.3, 0.4) is 0 Å². The second-order valence-electron chi connectivity index (χ2n) is 3.77. The van der Waals surface area contributed by atoms with E-state index >= 15 is 0 Å². The molecule has 1 saturated heterocycles. The highest BCUT2D eigenvalue weighted by Gasteiger charge is 2.42. The second-order valence-corrected chi connectivity index (χ2v) is 3.77. The van der Waals surface area contributed by atoms with Gasteiger partial charge in [0.1, 0.15) is 6.04 Å². The van der Waals surface area contributed by atoms with Gasteiger partial charge < -0.3 is 11.1 Å². The van der Waals surface area contributed by atoms with E-state index < -0.39 is 12.2 Å². The Hall–Kier alpha value is -0.820. The summed E-state index contributed by atoms with van der Waals surface area (Å²) in [6, 6.07) is -1.54. The molecule has 0 aromatic rings. The molecular weight excluding hydrogens is 223 g/mol. The van der Waals surface area contributed by atoms with Gasteiger partial charge in [-0.25, -0.2) is 0 Å². The van der Waals surface area contributed by atoms with Gasteiger partial charge in [-0.05, 0) is 13.0 Å². The summed E-state index contributed by atoms with van der Waals surface area (Å²) in [5, 5.41) is 2.54. The minimum atomic E-state index is -4.28. The van der Waals surface area contributed by atoms with Crippen LogP contribution in [-0.2, 0) is 4.79 Å². The summed E-state index contributed by atoms with van der Waals surface area (Å²) in [7, 11) is 0. The lowest BCUT2D eigenvalue weighted by Gasteiger charge is -2.31. The summed E-state index contributed by atoms with van der Waals surface area (Å²) in [5.41, 5.74) is 5.19. The number of alkyl halides is 3. The number of carbonyl (C=O) groups is 1. The van der Waals surface area contributed by atoms with Crippen molar-refractivity contribution in [1.82, 2.24) is 10.2 Å². The predicted octanol–water partition coefficient (Wildman–Crippen LogP) is 0.0880. The molecule has 0 aliphatic carbocycles. The number of hydrogen-bond acceptors (Lipinski definition) is 3. The molecule has 3 N–H and O–H groups in total. The van der Waals surface area contributed by atoms with Crippen molar-refractivity contribution in [2.45, 2.75) is 25.1 Å². The molecule has 0 saturated carbocycles. The first kappa shape index (κ1) is 13.2. The molecule has 1 rings (SSSR count). The van der Waals surface area contributed by atoms with E-state index in [9.17, 15) is 18.0 Å². The summed E-state index contributed by atoms with van der Waals surface area (Å²) >= 11 is 0. The summed E-state index contributed by atoms with van der Waals surface area (Å²) < 4.78 is 38.2. The number of rotatable bonds is 3. The van der Waals surface area contributed by atoms with Gasteiger partial charge in [-0.3, -0.25) is 9.69 Å². The Morgan fingerprint density at radius 3 is 2.69 bits per heavy atom. The van der Waals surface area contributed by atoms with E-state index in [1.165, 1.54) is 4.90 Å². The SMILES string of the molecule is NCCC(N1CCNC(=O)CC1)C(F)(F)F. The molecule has 7 heteroatoms. The van der Waals surface area contributed by atoms with Gasteiger partial charge in [0.15, 0.2) is 0 Å². The van der Waals surface area contributed by atoms with E-state index in [0.29, 0.717) is 0 Å². The first-order valence-corrected chi connectivity index (χ1v) is 5.22. The number of carbonyl (C=O) groups excluding carboxylic acids is 1. The molecule has 1 fully saturated rings. The van der Waals surface area contributed by atoms with Crippen LogP contribution in [-0.4, -0.2) is 49.2 Å². The van der Waals surface area contributed by atoms with E-state index in [2.05, 4.69) is 5.32 Å². The number of nitrogens with two attached hydrogens (primary N) is 1. The van der Waals surface area contributed by atoms with Crippen LogP contribution in [0.5, 0.6) is 0 Å². The van der Waals surface area contributed by atoms with Crippen molar-refractivity contribution in [1.29, 1.82) is 0 Å². The fourth-order valence-electron chi connectivity index (χ4n) is 1.81. The summed E-state index contributed by atoms with van der Waals surface area (Å²) in [6.45, 7) is 0.601. The highest BCUT2D eigenvalue weighted by Crippen LogP contribution is 2.27. The topological polar surface area (TPSA) is 58.4 Å². The van der Waals surface area contributed by atoms with Gasteiger partial charge >= 0.3 is 6.18 Å². The van der Waals surface area contributed by atoms with Crippen LogP contribution in [0.15, 0.2) is 0 Å². The van der Waals surface area contributed by atoms with E-state index in [1.807, 2.05) is 0 Å². The molecule has 1 heterocycles. The number of nitrogens with zero attached hydrogens (tertiary/aromatic N) is 1. The van der Waals surface area contributed by atoms with Crippen molar-refractivity contribution in [2.75, 3.05) is 26.2 Å². The molecule has 0 aromatic carbocycles. The average Bonchev–Trinajstić information content (AvgIpc) is 2.38. The molecule has 1 aliphatic heterocycles. The van der Waals surface area contributed by atoms with Gasteiger partial charge in [-0.15, -0.1) is 0 Å². The second kappa shape index (κ2) is 5.49. The molecule has 1 aliphatic rings. The Morgan fingerprint density at radius 2 is 2.12 bits per heavy atom. The fourth-order valence-corrected chi connectivity index (χ4v) is 1.81. The third kappa shape index (κ3) is 3.64. The van der Waals surface area contributed by atoms with Gasteiger partial charge in [-0.2, -0.15) is 13.2 Å². The lowest BCUT2D eigenvalue weighted by Crippen LogP contribution is -2.48. The maximum atomic E-state index is 12.7. The normalized spacial score (nSPS) is 21.4. The quantitative estimate of drug-likeness (QED) is 0.733. The smallest absolute Gasteiger partial charge is 0.355 e. The van der Waals surface area contributed by atoms with Gasteiger partial charge in [0, 0.05) is 26.1 Å². The summed E-state index contributed by atoms with van der Waals surface area (Å²) in [5.74, 6) is -0.198. The minimum absolute atomic E-state index is 0.0119. The van der Waals surface area contributed by atoms with Crippen LogP contribution in [0.2, 0.25) is 0 Å². The summed E-state index contributed by atoms with van der Waals surface area (Å²) in [4.78, 5) is 12.3. The molecule has 1 amide bonds. The van der Waals surface area contributed by atoms with Crippen molar-refractivity contribution in [3.63, 3.8) is 0 Å². The van der Waals surface area contributed by atoms with Crippen LogP contribution in [0.1, 0.15) is 12.8 Å². The monoisotopic (exact) mass is 239 g/mol. The maximum absolute atomic E-state index is 12.7. The molecule has 0 radical (unpaired) electrons. The van der Waals surface area contributed by atoms with Crippen LogP contribution >= 0.6 is 0 Å². The zero-order valence-electron chi connectivity index (χ0n) is 8.89. The van der Waals surface area contributed by atoms with Crippen molar-refractivity contribution in [3.8, 4) is 0 Å². The minimum Gasteiger partial charge on any atom is -0.355 e. The van der Waals surface area contributed by atoms with Crippen molar-refractivity contribution < 1.29 is 18.0 Å². The van der Waals surface area contributed by atoms with Gasteiger partial charge in [0.05, 0.1) is 0 Å². The van der Waals surface area contributed by atoms with E-state index in [4.69, 9.17) is 5.73 Å². The molecule has 1 unspecified atom stereocenters. The highest BCUT2D eigenvalue weighted by atomic mass is 19.4. The number of nitrogens with one attached hydrogen (secondary N) is 1. The molecule has 0 aromatic heterocycles. The van der Waals surface area contributed by atoms with Gasteiger partial charge in [0.25, 0.3) is 0 Å². The third-order valence-electron chi connectivity index (χ3n) is 2.61. The van der Waals surface area contributed by atoms with E-state index in [0.717, 1.165) is 0 Å². The van der Waals surface area contributed by atoms with Crippen LogP contribution in [0.4, 0.5) is 13.2 Å². The number of hydrogen-bond donors (Lipinski definition) is 2. The Balaban J connectivity index is 2.66. The third-order valence-corrected chi connectivity index (χ3v) is 2.61. The first-order chi connectivity index (χ1) is 7.45. The number of amides is 1.